The molecule has 2 fully saturated rings. The summed E-state index contributed by atoms with van der Waals surface area (Å²) < 4.78 is 1.09. The summed E-state index contributed by atoms with van der Waals surface area (Å²) in [6, 6.07) is 0. The zero-order chi connectivity index (χ0) is 12.0. The average Bonchev–Trinajstić information content (AvgIpc) is 2.63. The molecule has 0 radical (unpaired) electrons. The fraction of sp³-hybridized carbons (Fsp3) is 0.750. The molecule has 5 unspecified atom stereocenters. The molecule has 0 aromatic heterocycles. The molecule has 0 aromatic carbocycles. The first kappa shape index (κ1) is 12.2. The van der Waals surface area contributed by atoms with Crippen LogP contribution in [0.5, 0.6) is 0 Å². The van der Waals surface area contributed by atoms with Gasteiger partial charge >= 0.3 is 110 Å². The van der Waals surface area contributed by atoms with Gasteiger partial charge in [0.1, 0.15) is 0 Å². The molecular weight excluding hydrogens is 240 g/mol. The van der Waals surface area contributed by atoms with E-state index in [2.05, 4.69) is 40.0 Å². The summed E-state index contributed by atoms with van der Waals surface area (Å²) in [6.45, 7) is 0. The Bertz CT molecular complexity index is 347. The van der Waals surface area contributed by atoms with Crippen molar-refractivity contribution in [2.24, 2.45) is 23.7 Å². The SMILES string of the molecule is [CH3][Ti]([CH3])([CH3])[CH]1C2C=CC=CC2C2CCCCC21. The molecule has 2 saturated carbocycles. The van der Waals surface area contributed by atoms with Crippen molar-refractivity contribution in [3.8, 4) is 0 Å². The Morgan fingerprint density at radius 2 is 1.41 bits per heavy atom. The maximum atomic E-state index is 2.64. The van der Waals surface area contributed by atoms with Gasteiger partial charge in [0.25, 0.3) is 0 Å². The summed E-state index contributed by atoms with van der Waals surface area (Å²) in [5.41, 5.74) is 0. The Kier molecular flexibility index (Phi) is 3.16. The summed E-state index contributed by atoms with van der Waals surface area (Å²) in [5, 5.41) is 7.93. The second kappa shape index (κ2) is 4.39. The van der Waals surface area contributed by atoms with E-state index in [0.717, 1.165) is 27.9 Å². The molecule has 0 nitrogen and oxygen atoms in total. The van der Waals surface area contributed by atoms with Crippen molar-refractivity contribution < 1.29 is 16.6 Å². The Morgan fingerprint density at radius 3 is 2.06 bits per heavy atom. The molecule has 0 amide bonds. The van der Waals surface area contributed by atoms with Crippen LogP contribution in [0, 0.1) is 23.7 Å². The van der Waals surface area contributed by atoms with Crippen LogP contribution in [-0.2, 0) is 16.6 Å². The molecule has 17 heavy (non-hydrogen) atoms. The van der Waals surface area contributed by atoms with Crippen LogP contribution >= 0.6 is 0 Å². The Labute approximate surface area is 110 Å². The number of rotatable bonds is 1. The minimum absolute atomic E-state index is 0.903. The number of hydrogen-bond acceptors (Lipinski definition) is 0. The van der Waals surface area contributed by atoms with Crippen LogP contribution < -0.4 is 0 Å². The van der Waals surface area contributed by atoms with Gasteiger partial charge in [0.15, 0.2) is 0 Å². The topological polar surface area (TPSA) is 0 Å². The molecule has 1 heteroatoms. The van der Waals surface area contributed by atoms with Gasteiger partial charge in [-0.1, -0.05) is 0 Å². The third-order valence-electron chi connectivity index (χ3n) is 5.47. The third kappa shape index (κ3) is 2.02. The van der Waals surface area contributed by atoms with Crippen LogP contribution in [-0.4, -0.2) is 0 Å². The van der Waals surface area contributed by atoms with Gasteiger partial charge in [0.2, 0.25) is 0 Å². The van der Waals surface area contributed by atoms with Crippen molar-refractivity contribution >= 4 is 0 Å². The molecule has 0 aromatic rings. The second-order valence-corrected chi connectivity index (χ2v) is 15.9. The van der Waals surface area contributed by atoms with Crippen molar-refractivity contribution in [3.05, 3.63) is 24.3 Å². The molecule has 3 aliphatic carbocycles. The molecule has 94 valence electrons. The zero-order valence-electron chi connectivity index (χ0n) is 11.5. The molecular formula is C16H26Ti. The summed E-state index contributed by atoms with van der Waals surface area (Å²) in [7, 11) is 0. The van der Waals surface area contributed by atoms with Gasteiger partial charge in [0.05, 0.1) is 0 Å². The van der Waals surface area contributed by atoms with Crippen molar-refractivity contribution in [2.45, 2.75) is 45.6 Å². The first-order valence-corrected chi connectivity index (χ1v) is 13.0. The van der Waals surface area contributed by atoms with Gasteiger partial charge in [-0.15, -0.1) is 0 Å². The molecule has 0 saturated heterocycles. The predicted octanol–water partition coefficient (Wildman–Crippen LogP) is 5.25. The molecule has 0 aliphatic heterocycles. The minimum atomic E-state index is -1.55. The Balaban J connectivity index is 1.97. The predicted molar refractivity (Wildman–Crippen MR) is 72.1 cm³/mol. The Hall–Kier alpha value is 0.194. The first-order chi connectivity index (χ1) is 8.09. The summed E-state index contributed by atoms with van der Waals surface area (Å²) >= 11 is -1.55. The molecule has 0 bridgehead atoms. The van der Waals surface area contributed by atoms with Gasteiger partial charge in [-0.3, -0.25) is 0 Å². The fourth-order valence-electron chi connectivity index (χ4n) is 5.05. The Morgan fingerprint density at radius 1 is 0.824 bits per heavy atom. The second-order valence-electron chi connectivity index (χ2n) is 7.43. The summed E-state index contributed by atoms with van der Waals surface area (Å²) in [5.74, 6) is 3.92. The zero-order valence-corrected chi connectivity index (χ0v) is 13.1. The van der Waals surface area contributed by atoms with Crippen LogP contribution in [0.3, 0.4) is 0 Å². The molecule has 0 heterocycles. The third-order valence-corrected chi connectivity index (χ3v) is 9.86. The van der Waals surface area contributed by atoms with E-state index in [1.807, 2.05) is 0 Å². The van der Waals surface area contributed by atoms with E-state index >= 15 is 0 Å². The van der Waals surface area contributed by atoms with Gasteiger partial charge in [-0.25, -0.2) is 0 Å². The van der Waals surface area contributed by atoms with Gasteiger partial charge in [-0.2, -0.15) is 0 Å². The molecule has 5 atom stereocenters. The number of allylic oxidation sites excluding steroid dienone is 4. The van der Waals surface area contributed by atoms with E-state index in [1.54, 1.807) is 0 Å². The molecule has 3 aliphatic rings. The van der Waals surface area contributed by atoms with Crippen molar-refractivity contribution in [1.29, 1.82) is 0 Å². The van der Waals surface area contributed by atoms with Crippen LogP contribution in [0.2, 0.25) is 19.9 Å². The van der Waals surface area contributed by atoms with Crippen LogP contribution in [0.4, 0.5) is 0 Å². The summed E-state index contributed by atoms with van der Waals surface area (Å²) in [4.78, 5) is 0. The molecule has 0 spiro atoms. The van der Waals surface area contributed by atoms with E-state index < -0.39 is 16.6 Å². The maximum absolute atomic E-state index is 2.64. The first-order valence-electron chi connectivity index (χ1n) is 7.44. The van der Waals surface area contributed by atoms with Gasteiger partial charge in [0, 0.05) is 0 Å². The standard InChI is InChI=1S/C13H17.3CH3.Ti/c1-3-7-12-10(5-1)9-11-6-2-4-8-13(11)12;;;;/h1,3,5,7,9-13H,2,4,6,8H2;3*1H3;. The summed E-state index contributed by atoms with van der Waals surface area (Å²) in [6.07, 6.45) is 15.8. The monoisotopic (exact) mass is 266 g/mol. The normalized spacial score (nSPS) is 44.5. The average molecular weight is 266 g/mol. The number of fused-ring (bicyclic) bond motifs is 3. The molecule has 0 N–H and O–H groups in total. The molecule has 3 rings (SSSR count). The van der Waals surface area contributed by atoms with Crippen LogP contribution in [0.15, 0.2) is 24.3 Å². The van der Waals surface area contributed by atoms with Gasteiger partial charge < -0.3 is 0 Å². The van der Waals surface area contributed by atoms with Crippen molar-refractivity contribution in [3.63, 3.8) is 0 Å². The fourth-order valence-corrected chi connectivity index (χ4v) is 10.0. The van der Waals surface area contributed by atoms with Crippen LogP contribution in [0.25, 0.3) is 0 Å². The van der Waals surface area contributed by atoms with E-state index in [0.29, 0.717) is 0 Å². The van der Waals surface area contributed by atoms with Crippen molar-refractivity contribution in [1.82, 2.24) is 0 Å². The van der Waals surface area contributed by atoms with E-state index in [1.165, 1.54) is 25.7 Å². The quantitative estimate of drug-likeness (QED) is 0.568. The van der Waals surface area contributed by atoms with E-state index in [4.69, 9.17) is 0 Å². The van der Waals surface area contributed by atoms with E-state index in [-0.39, 0.29) is 0 Å². The van der Waals surface area contributed by atoms with Gasteiger partial charge in [-0.05, 0) is 0 Å². The van der Waals surface area contributed by atoms with E-state index in [9.17, 15) is 0 Å². The van der Waals surface area contributed by atoms with Crippen LogP contribution in [0.1, 0.15) is 25.7 Å². The number of hydrogen-bond donors (Lipinski definition) is 0. The van der Waals surface area contributed by atoms with Crippen molar-refractivity contribution in [2.75, 3.05) is 0 Å².